The summed E-state index contributed by atoms with van der Waals surface area (Å²) in [5.74, 6) is 3.11. The van der Waals surface area contributed by atoms with E-state index in [1.54, 1.807) is 6.33 Å². The van der Waals surface area contributed by atoms with Crippen LogP contribution in [-0.2, 0) is 0 Å². The van der Waals surface area contributed by atoms with Crippen LogP contribution < -0.4 is 5.32 Å². The molecule has 0 spiro atoms. The molecule has 0 amide bonds. The second-order valence-electron chi connectivity index (χ2n) is 5.04. The van der Waals surface area contributed by atoms with Crippen molar-refractivity contribution in [1.29, 1.82) is 0 Å². The van der Waals surface area contributed by atoms with Gasteiger partial charge in [0.2, 0.25) is 0 Å². The Morgan fingerprint density at radius 1 is 1.33 bits per heavy atom. The lowest BCUT2D eigenvalue weighted by atomic mass is 10.1. The molecule has 1 aliphatic rings. The molecule has 1 heterocycles. The number of anilines is 1. The molecule has 3 nitrogen and oxygen atoms in total. The van der Waals surface area contributed by atoms with Gasteiger partial charge in [-0.1, -0.05) is 19.8 Å². The minimum Gasteiger partial charge on any atom is -0.370 e. The fourth-order valence-electron chi connectivity index (χ4n) is 2.37. The van der Waals surface area contributed by atoms with Crippen LogP contribution in [0.15, 0.2) is 11.4 Å². The highest BCUT2D eigenvalue weighted by Crippen LogP contribution is 2.32. The lowest BCUT2D eigenvalue weighted by molar-refractivity contribution is 0.622. The van der Waals surface area contributed by atoms with E-state index in [1.165, 1.54) is 37.0 Å². The quantitative estimate of drug-likeness (QED) is 0.625. The molecule has 18 heavy (non-hydrogen) atoms. The Morgan fingerprint density at radius 3 is 2.83 bits per heavy atom. The van der Waals surface area contributed by atoms with Crippen molar-refractivity contribution in [3.05, 3.63) is 11.9 Å². The largest absolute Gasteiger partial charge is 0.370 e. The number of thioether (sulfide) groups is 1. The summed E-state index contributed by atoms with van der Waals surface area (Å²) < 4.78 is 0. The Labute approximate surface area is 114 Å². The van der Waals surface area contributed by atoms with Crippen LogP contribution in [0.1, 0.15) is 44.6 Å². The Morgan fingerprint density at radius 2 is 2.11 bits per heavy atom. The summed E-state index contributed by atoms with van der Waals surface area (Å²) in [5.41, 5.74) is 1.20. The molecule has 1 N–H and O–H groups in total. The molecule has 0 atom stereocenters. The highest BCUT2D eigenvalue weighted by Gasteiger charge is 2.16. The zero-order chi connectivity index (χ0) is 12.8. The zero-order valence-electron chi connectivity index (χ0n) is 11.4. The fourth-order valence-corrected chi connectivity index (χ4v) is 3.54. The monoisotopic (exact) mass is 265 g/mol. The van der Waals surface area contributed by atoms with E-state index in [0.29, 0.717) is 0 Å². The van der Waals surface area contributed by atoms with Crippen molar-refractivity contribution in [3.8, 4) is 0 Å². The van der Waals surface area contributed by atoms with Gasteiger partial charge in [-0.05, 0) is 32.1 Å². The van der Waals surface area contributed by atoms with Crippen molar-refractivity contribution in [3.63, 3.8) is 0 Å². The van der Waals surface area contributed by atoms with E-state index in [-0.39, 0.29) is 0 Å². The van der Waals surface area contributed by atoms with Gasteiger partial charge < -0.3 is 5.32 Å². The Bertz CT molecular complexity index is 375. The summed E-state index contributed by atoms with van der Waals surface area (Å²) >= 11 is 1.90. The van der Waals surface area contributed by atoms with Crippen LogP contribution in [0, 0.1) is 12.8 Å². The van der Waals surface area contributed by atoms with Crippen LogP contribution in [0.4, 0.5) is 5.82 Å². The van der Waals surface area contributed by atoms with Crippen LogP contribution in [0.25, 0.3) is 0 Å². The highest BCUT2D eigenvalue weighted by atomic mass is 32.2. The van der Waals surface area contributed by atoms with Gasteiger partial charge in [0.1, 0.15) is 17.2 Å². The van der Waals surface area contributed by atoms with Gasteiger partial charge in [0.15, 0.2) is 0 Å². The molecular formula is C14H23N3S. The van der Waals surface area contributed by atoms with E-state index >= 15 is 0 Å². The first-order valence-electron chi connectivity index (χ1n) is 6.99. The van der Waals surface area contributed by atoms with Gasteiger partial charge in [0, 0.05) is 17.9 Å². The number of rotatable bonds is 6. The summed E-state index contributed by atoms with van der Waals surface area (Å²) in [6, 6.07) is 0. The fraction of sp³-hybridized carbons (Fsp3) is 0.714. The van der Waals surface area contributed by atoms with Gasteiger partial charge in [-0.2, -0.15) is 0 Å². The number of nitrogens with zero attached hydrogens (tertiary/aromatic N) is 2. The summed E-state index contributed by atoms with van der Waals surface area (Å²) in [6.45, 7) is 5.26. The highest BCUT2D eigenvalue weighted by molar-refractivity contribution is 7.99. The predicted molar refractivity (Wildman–Crippen MR) is 78.2 cm³/mol. The molecule has 0 saturated heterocycles. The smallest absolute Gasteiger partial charge is 0.133 e. The molecule has 1 aromatic heterocycles. The number of aromatic nitrogens is 2. The van der Waals surface area contributed by atoms with Crippen molar-refractivity contribution in [2.45, 2.75) is 51.0 Å². The van der Waals surface area contributed by atoms with Gasteiger partial charge >= 0.3 is 0 Å². The summed E-state index contributed by atoms with van der Waals surface area (Å²) in [4.78, 5) is 8.74. The van der Waals surface area contributed by atoms with Crippen LogP contribution in [0.2, 0.25) is 0 Å². The maximum atomic E-state index is 4.42. The standard InChI is InChI=1S/C14H23N3S/c1-3-8-15-13-11(2)14(17-10-16-13)18-9-12-6-4-5-7-12/h10,12H,3-9H2,1-2H3,(H,15,16,17). The third kappa shape index (κ3) is 3.61. The maximum Gasteiger partial charge on any atom is 0.133 e. The molecular weight excluding hydrogens is 242 g/mol. The van der Waals surface area contributed by atoms with Crippen LogP contribution >= 0.6 is 11.8 Å². The average Bonchev–Trinajstić information content (AvgIpc) is 2.89. The average molecular weight is 265 g/mol. The summed E-state index contributed by atoms with van der Waals surface area (Å²) in [6.07, 6.45) is 8.43. The Balaban J connectivity index is 1.94. The van der Waals surface area contributed by atoms with Gasteiger partial charge in [0.25, 0.3) is 0 Å². The first-order valence-corrected chi connectivity index (χ1v) is 7.98. The van der Waals surface area contributed by atoms with Crippen molar-refractivity contribution >= 4 is 17.6 Å². The van der Waals surface area contributed by atoms with E-state index in [9.17, 15) is 0 Å². The molecule has 2 rings (SSSR count). The lowest BCUT2D eigenvalue weighted by Gasteiger charge is -2.12. The second kappa shape index (κ2) is 6.98. The molecule has 0 radical (unpaired) electrons. The number of nitrogens with one attached hydrogen (secondary N) is 1. The molecule has 100 valence electrons. The number of hydrogen-bond acceptors (Lipinski definition) is 4. The molecule has 4 heteroatoms. The lowest BCUT2D eigenvalue weighted by Crippen LogP contribution is -2.06. The summed E-state index contributed by atoms with van der Waals surface area (Å²) in [5, 5.41) is 4.52. The predicted octanol–water partition coefficient (Wildman–Crippen LogP) is 3.89. The van der Waals surface area contributed by atoms with Crippen molar-refractivity contribution in [2.75, 3.05) is 17.6 Å². The van der Waals surface area contributed by atoms with Gasteiger partial charge in [-0.3, -0.25) is 0 Å². The third-order valence-electron chi connectivity index (χ3n) is 3.51. The van der Waals surface area contributed by atoms with E-state index in [4.69, 9.17) is 0 Å². The summed E-state index contributed by atoms with van der Waals surface area (Å²) in [7, 11) is 0. The Hall–Kier alpha value is -0.770. The molecule has 0 bridgehead atoms. The normalized spacial score (nSPS) is 16.1. The minimum absolute atomic E-state index is 0.899. The van der Waals surface area contributed by atoms with E-state index in [1.807, 2.05) is 11.8 Å². The topological polar surface area (TPSA) is 37.8 Å². The third-order valence-corrected chi connectivity index (χ3v) is 4.83. The SMILES string of the molecule is CCCNc1ncnc(SCC2CCCC2)c1C. The van der Waals surface area contributed by atoms with E-state index < -0.39 is 0 Å². The number of hydrogen-bond donors (Lipinski definition) is 1. The van der Waals surface area contributed by atoms with Crippen LogP contribution in [0.5, 0.6) is 0 Å². The molecule has 1 aromatic rings. The van der Waals surface area contributed by atoms with Crippen molar-refractivity contribution in [2.24, 2.45) is 5.92 Å². The molecule has 0 aliphatic heterocycles. The first-order chi connectivity index (χ1) is 8.81. The molecule has 0 unspecified atom stereocenters. The van der Waals surface area contributed by atoms with Crippen molar-refractivity contribution < 1.29 is 0 Å². The zero-order valence-corrected chi connectivity index (χ0v) is 12.2. The van der Waals surface area contributed by atoms with Crippen LogP contribution in [-0.4, -0.2) is 22.3 Å². The van der Waals surface area contributed by atoms with Gasteiger partial charge in [-0.15, -0.1) is 11.8 Å². The minimum atomic E-state index is 0.899. The molecule has 1 aliphatic carbocycles. The van der Waals surface area contributed by atoms with E-state index in [0.717, 1.165) is 29.7 Å². The molecule has 0 aromatic carbocycles. The second-order valence-corrected chi connectivity index (χ2v) is 6.05. The van der Waals surface area contributed by atoms with Crippen LogP contribution in [0.3, 0.4) is 0 Å². The van der Waals surface area contributed by atoms with Crippen molar-refractivity contribution in [1.82, 2.24) is 9.97 Å². The van der Waals surface area contributed by atoms with Gasteiger partial charge in [-0.25, -0.2) is 9.97 Å². The molecule has 1 fully saturated rings. The maximum absolute atomic E-state index is 4.42. The first kappa shape index (κ1) is 13.7. The Kier molecular flexibility index (Phi) is 5.29. The molecule has 1 saturated carbocycles. The van der Waals surface area contributed by atoms with Gasteiger partial charge in [0.05, 0.1) is 0 Å². The van der Waals surface area contributed by atoms with E-state index in [2.05, 4.69) is 29.1 Å².